The molecule has 3 aromatic carbocycles. The first-order chi connectivity index (χ1) is 15.1. The number of halogens is 1. The van der Waals surface area contributed by atoms with E-state index in [1.807, 2.05) is 43.3 Å². The van der Waals surface area contributed by atoms with Crippen LogP contribution in [0.1, 0.15) is 12.5 Å². The highest BCUT2D eigenvalue weighted by atomic mass is 32.2. The zero-order chi connectivity index (χ0) is 21.8. The van der Waals surface area contributed by atoms with Crippen molar-refractivity contribution in [1.29, 1.82) is 0 Å². The maximum atomic E-state index is 13.0. The Labute approximate surface area is 183 Å². The van der Waals surface area contributed by atoms with Crippen LogP contribution >= 0.6 is 11.8 Å². The van der Waals surface area contributed by atoms with Crippen LogP contribution in [0.3, 0.4) is 0 Å². The lowest BCUT2D eigenvalue weighted by Gasteiger charge is -2.13. The van der Waals surface area contributed by atoms with Crippen molar-refractivity contribution in [2.75, 3.05) is 19.8 Å². The Hall–Kier alpha value is -3.32. The van der Waals surface area contributed by atoms with E-state index in [2.05, 4.69) is 0 Å². The fourth-order valence-electron chi connectivity index (χ4n) is 3.32. The summed E-state index contributed by atoms with van der Waals surface area (Å²) in [5.74, 6) is 0.407. The molecular weight excluding hydrogens is 417 g/mol. The van der Waals surface area contributed by atoms with Gasteiger partial charge in [-0.1, -0.05) is 30.3 Å². The molecule has 0 atom stereocenters. The molecule has 0 saturated carbocycles. The molecule has 158 valence electrons. The van der Waals surface area contributed by atoms with Gasteiger partial charge < -0.3 is 9.47 Å². The van der Waals surface area contributed by atoms with Gasteiger partial charge in [0.05, 0.1) is 18.1 Å². The number of carbonyl (C=O) groups is 2. The average Bonchev–Trinajstić information content (AvgIpc) is 3.04. The number of benzene rings is 3. The molecular formula is C24H20FNO4S. The molecule has 1 aliphatic rings. The number of thioether (sulfide) groups is 1. The summed E-state index contributed by atoms with van der Waals surface area (Å²) in [4.78, 5) is 26.8. The first-order valence-electron chi connectivity index (χ1n) is 9.85. The number of nitrogens with zero attached hydrogens (tertiary/aromatic N) is 1. The Morgan fingerprint density at radius 3 is 2.55 bits per heavy atom. The maximum absolute atomic E-state index is 13.0. The second kappa shape index (κ2) is 9.22. The molecule has 3 aromatic rings. The summed E-state index contributed by atoms with van der Waals surface area (Å²) in [6, 6.07) is 17.2. The number of carbonyl (C=O) groups excluding carboxylic acids is 2. The number of rotatable bonds is 7. The van der Waals surface area contributed by atoms with Gasteiger partial charge >= 0.3 is 0 Å². The number of hydrogen-bond acceptors (Lipinski definition) is 5. The molecule has 1 aliphatic heterocycles. The van der Waals surface area contributed by atoms with Gasteiger partial charge in [-0.25, -0.2) is 4.39 Å². The summed E-state index contributed by atoms with van der Waals surface area (Å²) in [6.07, 6.45) is 1.72. The van der Waals surface area contributed by atoms with Crippen molar-refractivity contribution in [1.82, 2.24) is 4.90 Å². The van der Waals surface area contributed by atoms with Crippen LogP contribution in [0.5, 0.6) is 11.5 Å². The van der Waals surface area contributed by atoms with Crippen molar-refractivity contribution in [2.24, 2.45) is 0 Å². The van der Waals surface area contributed by atoms with Crippen molar-refractivity contribution in [3.8, 4) is 11.5 Å². The predicted molar refractivity (Wildman–Crippen MR) is 120 cm³/mol. The summed E-state index contributed by atoms with van der Waals surface area (Å²) in [6.45, 7) is 2.61. The van der Waals surface area contributed by atoms with Crippen molar-refractivity contribution < 1.29 is 23.5 Å². The third-order valence-electron chi connectivity index (χ3n) is 4.78. The topological polar surface area (TPSA) is 55.8 Å². The first kappa shape index (κ1) is 20.9. The van der Waals surface area contributed by atoms with Crippen LogP contribution in [0, 0.1) is 5.82 Å². The third-order valence-corrected chi connectivity index (χ3v) is 5.68. The lowest BCUT2D eigenvalue weighted by Crippen LogP contribution is -2.32. The Morgan fingerprint density at radius 1 is 1.00 bits per heavy atom. The molecule has 5 nitrogen and oxygen atoms in total. The summed E-state index contributed by atoms with van der Waals surface area (Å²) < 4.78 is 24.3. The Bertz CT molecular complexity index is 1160. The summed E-state index contributed by atoms with van der Waals surface area (Å²) in [7, 11) is 0. The smallest absolute Gasteiger partial charge is 0.293 e. The molecule has 0 spiro atoms. The number of ether oxygens (including phenoxy) is 2. The normalized spacial score (nSPS) is 15.2. The molecule has 0 aliphatic carbocycles. The average molecular weight is 437 g/mol. The lowest BCUT2D eigenvalue weighted by molar-refractivity contribution is -0.123. The van der Waals surface area contributed by atoms with Crippen molar-refractivity contribution >= 4 is 39.8 Å². The minimum absolute atomic E-state index is 0.104. The van der Waals surface area contributed by atoms with Crippen LogP contribution in [0.25, 0.3) is 16.8 Å². The fraction of sp³-hybridized carbons (Fsp3) is 0.167. The molecule has 4 rings (SSSR count). The van der Waals surface area contributed by atoms with Crippen molar-refractivity contribution in [3.05, 3.63) is 76.9 Å². The van der Waals surface area contributed by atoms with E-state index in [1.54, 1.807) is 6.08 Å². The van der Waals surface area contributed by atoms with Crippen LogP contribution in [0.15, 0.2) is 65.6 Å². The molecule has 0 bridgehead atoms. The van der Waals surface area contributed by atoms with Gasteiger partial charge in [0.1, 0.15) is 23.9 Å². The van der Waals surface area contributed by atoms with E-state index >= 15 is 0 Å². The van der Waals surface area contributed by atoms with Crippen LogP contribution in [0.4, 0.5) is 9.18 Å². The maximum Gasteiger partial charge on any atom is 0.293 e. The molecule has 2 amide bonds. The van der Waals surface area contributed by atoms with Crippen molar-refractivity contribution in [3.63, 3.8) is 0 Å². The van der Waals surface area contributed by atoms with E-state index in [4.69, 9.17) is 9.47 Å². The monoisotopic (exact) mass is 437 g/mol. The van der Waals surface area contributed by atoms with E-state index in [-0.39, 0.29) is 30.1 Å². The van der Waals surface area contributed by atoms with Gasteiger partial charge in [0.15, 0.2) is 0 Å². The number of hydrogen-bond donors (Lipinski definition) is 0. The number of fused-ring (bicyclic) bond motifs is 1. The molecule has 31 heavy (non-hydrogen) atoms. The second-order valence-electron chi connectivity index (χ2n) is 6.77. The van der Waals surface area contributed by atoms with Gasteiger partial charge in [0.25, 0.3) is 11.1 Å². The highest BCUT2D eigenvalue weighted by Crippen LogP contribution is 2.36. The third kappa shape index (κ3) is 4.56. The van der Waals surface area contributed by atoms with Crippen LogP contribution in [-0.2, 0) is 4.79 Å². The Balaban J connectivity index is 1.54. The van der Waals surface area contributed by atoms with Crippen LogP contribution in [0.2, 0.25) is 0 Å². The Morgan fingerprint density at radius 2 is 1.77 bits per heavy atom. The largest absolute Gasteiger partial charge is 0.493 e. The minimum Gasteiger partial charge on any atom is -0.493 e. The highest BCUT2D eigenvalue weighted by Gasteiger charge is 2.35. The summed E-state index contributed by atoms with van der Waals surface area (Å²) >= 11 is 0.898. The highest BCUT2D eigenvalue weighted by molar-refractivity contribution is 8.18. The standard InChI is InChI=1S/C24H20FNO4S/c1-2-29-21-12-7-16-5-3-4-6-19(16)20(21)15-22-23(27)26(24(28)31-22)13-14-30-18-10-8-17(25)9-11-18/h3-12,15H,2,13-14H2,1H3/b22-15-. The van der Waals surface area contributed by atoms with Gasteiger partial charge in [-0.05, 0) is 65.9 Å². The second-order valence-corrected chi connectivity index (χ2v) is 7.76. The van der Waals surface area contributed by atoms with E-state index in [9.17, 15) is 14.0 Å². The molecule has 0 radical (unpaired) electrons. The van der Waals surface area contributed by atoms with Crippen LogP contribution in [-0.4, -0.2) is 35.8 Å². The Kier molecular flexibility index (Phi) is 6.23. The van der Waals surface area contributed by atoms with Crippen LogP contribution < -0.4 is 9.47 Å². The van der Waals surface area contributed by atoms with Crippen molar-refractivity contribution in [2.45, 2.75) is 6.92 Å². The molecule has 0 aromatic heterocycles. The molecule has 1 saturated heterocycles. The molecule has 1 heterocycles. The van der Waals surface area contributed by atoms with Gasteiger partial charge in [0.2, 0.25) is 0 Å². The van der Waals surface area contributed by atoms with E-state index in [1.165, 1.54) is 24.3 Å². The van der Waals surface area contributed by atoms with Gasteiger partial charge in [0, 0.05) is 5.56 Å². The molecule has 0 unspecified atom stereocenters. The fourth-order valence-corrected chi connectivity index (χ4v) is 4.16. The number of amides is 2. The first-order valence-corrected chi connectivity index (χ1v) is 10.7. The van der Waals surface area contributed by atoms with E-state index in [0.29, 0.717) is 23.0 Å². The summed E-state index contributed by atoms with van der Waals surface area (Å²) in [5.41, 5.74) is 0.771. The zero-order valence-corrected chi connectivity index (χ0v) is 17.7. The molecule has 7 heteroatoms. The van der Waals surface area contributed by atoms with Gasteiger partial charge in [-0.15, -0.1) is 0 Å². The number of imide groups is 1. The van der Waals surface area contributed by atoms with E-state index < -0.39 is 0 Å². The van der Waals surface area contributed by atoms with E-state index in [0.717, 1.165) is 33.0 Å². The quantitative estimate of drug-likeness (QED) is 0.457. The summed E-state index contributed by atoms with van der Waals surface area (Å²) in [5, 5.41) is 1.61. The molecule has 0 N–H and O–H groups in total. The minimum atomic E-state index is -0.368. The SMILES string of the molecule is CCOc1ccc2ccccc2c1/C=C1\SC(=O)N(CCOc2ccc(F)cc2)C1=O. The van der Waals surface area contributed by atoms with Gasteiger partial charge in [-0.3, -0.25) is 14.5 Å². The molecule has 1 fully saturated rings. The van der Waals surface area contributed by atoms with Gasteiger partial charge in [-0.2, -0.15) is 0 Å². The zero-order valence-electron chi connectivity index (χ0n) is 16.8. The predicted octanol–water partition coefficient (Wildman–Crippen LogP) is 5.49. The lowest BCUT2D eigenvalue weighted by atomic mass is 10.0.